The molecule has 0 unspecified atom stereocenters. The van der Waals surface area contributed by atoms with Crippen molar-refractivity contribution in [2.24, 2.45) is 0 Å². The van der Waals surface area contributed by atoms with E-state index >= 15 is 0 Å². The maximum atomic E-state index is 12.5. The van der Waals surface area contributed by atoms with E-state index in [0.717, 1.165) is 30.7 Å². The fourth-order valence-electron chi connectivity index (χ4n) is 2.57. The molecule has 0 aromatic heterocycles. The maximum absolute atomic E-state index is 12.5. The average Bonchev–Trinajstić information content (AvgIpc) is 2.49. The second-order valence-corrected chi connectivity index (χ2v) is 6.33. The Morgan fingerprint density at radius 3 is 2.43 bits per heavy atom. The van der Waals surface area contributed by atoms with E-state index in [4.69, 9.17) is 9.47 Å². The molecule has 0 amide bonds. The van der Waals surface area contributed by atoms with Gasteiger partial charge in [-0.15, -0.1) is 0 Å². The van der Waals surface area contributed by atoms with Gasteiger partial charge in [-0.25, -0.2) is 0 Å². The number of ketones is 1. The molecule has 0 spiro atoms. The normalized spacial score (nSPS) is 19.5. The Morgan fingerprint density at radius 1 is 1.14 bits per heavy atom. The van der Waals surface area contributed by atoms with E-state index in [1.165, 1.54) is 0 Å². The highest BCUT2D eigenvalue weighted by atomic mass is 79.9. The summed E-state index contributed by atoms with van der Waals surface area (Å²) in [7, 11) is 2.11. The van der Waals surface area contributed by atoms with E-state index in [9.17, 15) is 4.79 Å². The van der Waals surface area contributed by atoms with Crippen LogP contribution in [0.2, 0.25) is 0 Å². The minimum atomic E-state index is 0.114. The van der Waals surface area contributed by atoms with Crippen LogP contribution in [0.15, 0.2) is 16.6 Å². The van der Waals surface area contributed by atoms with Gasteiger partial charge in [-0.2, -0.15) is 0 Å². The number of fused-ring (bicyclic) bond motifs is 1. The van der Waals surface area contributed by atoms with Gasteiger partial charge in [-0.1, -0.05) is 0 Å². The second kappa shape index (κ2) is 6.34. The van der Waals surface area contributed by atoms with Crippen LogP contribution in [0.25, 0.3) is 0 Å². The molecule has 0 N–H and O–H groups in total. The molecule has 2 aliphatic rings. The van der Waals surface area contributed by atoms with Gasteiger partial charge >= 0.3 is 0 Å². The third kappa shape index (κ3) is 3.39. The first-order valence-corrected chi connectivity index (χ1v) is 7.96. The average molecular weight is 355 g/mol. The molecule has 1 aromatic rings. The first-order chi connectivity index (χ1) is 10.1. The molecular weight excluding hydrogens is 336 g/mol. The summed E-state index contributed by atoms with van der Waals surface area (Å²) in [6.07, 6.45) is 0. The van der Waals surface area contributed by atoms with E-state index < -0.39 is 0 Å². The predicted octanol–water partition coefficient (Wildman–Crippen LogP) is 1.65. The first-order valence-electron chi connectivity index (χ1n) is 7.17. The summed E-state index contributed by atoms with van der Waals surface area (Å²) in [6.45, 7) is 5.42. The minimum absolute atomic E-state index is 0.114. The Kier molecular flexibility index (Phi) is 4.47. The van der Waals surface area contributed by atoms with Crippen LogP contribution in [0, 0.1) is 0 Å². The van der Waals surface area contributed by atoms with Crippen molar-refractivity contribution in [1.82, 2.24) is 9.80 Å². The van der Waals surface area contributed by atoms with Crippen LogP contribution >= 0.6 is 15.9 Å². The zero-order chi connectivity index (χ0) is 14.8. The van der Waals surface area contributed by atoms with Crippen molar-refractivity contribution in [3.63, 3.8) is 0 Å². The third-order valence-corrected chi connectivity index (χ3v) is 4.55. The number of rotatable bonds is 3. The van der Waals surface area contributed by atoms with E-state index in [1.54, 1.807) is 6.07 Å². The van der Waals surface area contributed by atoms with Gasteiger partial charge in [0, 0.05) is 36.2 Å². The van der Waals surface area contributed by atoms with Gasteiger partial charge in [-0.3, -0.25) is 9.69 Å². The molecule has 2 heterocycles. The first kappa shape index (κ1) is 14.8. The standard InChI is InChI=1S/C15H19BrN2O3/c1-17-2-4-18(5-3-17)10-13(19)11-8-14-15(9-12(11)16)21-7-6-20-14/h8-9H,2-7,10H2,1H3. The largest absolute Gasteiger partial charge is 0.486 e. The highest BCUT2D eigenvalue weighted by molar-refractivity contribution is 9.10. The number of Topliss-reactive ketones (excluding diaryl/α,β-unsaturated/α-hetero) is 1. The molecular formula is C15H19BrN2O3. The number of piperazine rings is 1. The monoisotopic (exact) mass is 354 g/mol. The van der Waals surface area contributed by atoms with Crippen molar-refractivity contribution in [2.75, 3.05) is 53.0 Å². The van der Waals surface area contributed by atoms with Gasteiger partial charge in [0.25, 0.3) is 0 Å². The van der Waals surface area contributed by atoms with Crippen LogP contribution in [0.4, 0.5) is 0 Å². The summed E-state index contributed by atoms with van der Waals surface area (Å²) >= 11 is 3.47. The third-order valence-electron chi connectivity index (χ3n) is 3.90. The van der Waals surface area contributed by atoms with E-state index in [-0.39, 0.29) is 5.78 Å². The van der Waals surface area contributed by atoms with E-state index in [2.05, 4.69) is 32.8 Å². The molecule has 0 atom stereocenters. The zero-order valence-corrected chi connectivity index (χ0v) is 13.7. The van der Waals surface area contributed by atoms with Gasteiger partial charge in [0.1, 0.15) is 13.2 Å². The van der Waals surface area contributed by atoms with Gasteiger partial charge in [0.2, 0.25) is 0 Å². The summed E-state index contributed by atoms with van der Waals surface area (Å²) in [5, 5.41) is 0. The number of nitrogens with zero attached hydrogens (tertiary/aromatic N) is 2. The lowest BCUT2D eigenvalue weighted by atomic mass is 10.1. The molecule has 0 saturated carbocycles. The minimum Gasteiger partial charge on any atom is -0.486 e. The number of halogens is 1. The van der Waals surface area contributed by atoms with Crippen LogP contribution in [0.3, 0.4) is 0 Å². The summed E-state index contributed by atoms with van der Waals surface area (Å²) in [6, 6.07) is 3.61. The fourth-order valence-corrected chi connectivity index (χ4v) is 3.12. The summed E-state index contributed by atoms with van der Waals surface area (Å²) in [4.78, 5) is 17.0. The molecule has 1 aromatic carbocycles. The number of benzene rings is 1. The highest BCUT2D eigenvalue weighted by Gasteiger charge is 2.22. The lowest BCUT2D eigenvalue weighted by Crippen LogP contribution is -2.46. The quantitative estimate of drug-likeness (QED) is 0.772. The molecule has 0 bridgehead atoms. The SMILES string of the molecule is CN1CCN(CC(=O)c2cc3c(cc2Br)OCCO3)CC1. The number of hydrogen-bond acceptors (Lipinski definition) is 5. The zero-order valence-electron chi connectivity index (χ0n) is 12.1. The van der Waals surface area contributed by atoms with Crippen molar-refractivity contribution < 1.29 is 14.3 Å². The lowest BCUT2D eigenvalue weighted by Gasteiger charge is -2.31. The number of carbonyl (C=O) groups is 1. The molecule has 114 valence electrons. The van der Waals surface area contributed by atoms with Gasteiger partial charge in [0.15, 0.2) is 17.3 Å². The van der Waals surface area contributed by atoms with Gasteiger partial charge in [0.05, 0.1) is 6.54 Å². The van der Waals surface area contributed by atoms with Crippen molar-refractivity contribution in [3.8, 4) is 11.5 Å². The Hall–Kier alpha value is -1.11. The Balaban J connectivity index is 1.72. The van der Waals surface area contributed by atoms with Crippen molar-refractivity contribution in [1.29, 1.82) is 0 Å². The van der Waals surface area contributed by atoms with E-state index in [0.29, 0.717) is 36.8 Å². The van der Waals surface area contributed by atoms with Crippen LogP contribution in [-0.2, 0) is 0 Å². The van der Waals surface area contributed by atoms with E-state index in [1.807, 2.05) is 6.07 Å². The molecule has 0 radical (unpaired) electrons. The number of hydrogen-bond donors (Lipinski definition) is 0. The van der Waals surface area contributed by atoms with Crippen LogP contribution in [0.5, 0.6) is 11.5 Å². The Bertz CT molecular complexity index is 542. The fraction of sp³-hybridized carbons (Fsp3) is 0.533. The lowest BCUT2D eigenvalue weighted by molar-refractivity contribution is 0.0874. The number of carbonyl (C=O) groups excluding carboxylic acids is 1. The molecule has 6 heteroatoms. The molecule has 5 nitrogen and oxygen atoms in total. The smallest absolute Gasteiger partial charge is 0.178 e. The molecule has 1 saturated heterocycles. The molecule has 21 heavy (non-hydrogen) atoms. The van der Waals surface area contributed by atoms with Crippen molar-refractivity contribution >= 4 is 21.7 Å². The Morgan fingerprint density at radius 2 is 1.76 bits per heavy atom. The van der Waals surface area contributed by atoms with Crippen LogP contribution < -0.4 is 9.47 Å². The van der Waals surface area contributed by atoms with Crippen LogP contribution in [0.1, 0.15) is 10.4 Å². The molecule has 2 aliphatic heterocycles. The molecule has 3 rings (SSSR count). The Labute approximate surface area is 132 Å². The molecule has 1 fully saturated rings. The molecule has 0 aliphatic carbocycles. The predicted molar refractivity (Wildman–Crippen MR) is 83.4 cm³/mol. The topological polar surface area (TPSA) is 42.0 Å². The number of ether oxygens (including phenoxy) is 2. The van der Waals surface area contributed by atoms with Crippen LogP contribution in [-0.4, -0.2) is 68.6 Å². The van der Waals surface area contributed by atoms with Gasteiger partial charge in [-0.05, 0) is 35.1 Å². The highest BCUT2D eigenvalue weighted by Crippen LogP contribution is 2.35. The summed E-state index contributed by atoms with van der Waals surface area (Å²) in [5.74, 6) is 1.47. The second-order valence-electron chi connectivity index (χ2n) is 5.48. The summed E-state index contributed by atoms with van der Waals surface area (Å²) in [5.41, 5.74) is 0.665. The maximum Gasteiger partial charge on any atom is 0.178 e. The van der Waals surface area contributed by atoms with Crippen molar-refractivity contribution in [3.05, 3.63) is 22.2 Å². The summed E-state index contributed by atoms with van der Waals surface area (Å²) < 4.78 is 11.8. The van der Waals surface area contributed by atoms with Gasteiger partial charge < -0.3 is 14.4 Å². The number of likely N-dealkylation sites (N-methyl/N-ethyl adjacent to an activating group) is 1. The van der Waals surface area contributed by atoms with Crippen molar-refractivity contribution in [2.45, 2.75) is 0 Å².